The fraction of sp³-hybridized carbons (Fsp3) is 0.500. The van der Waals surface area contributed by atoms with Crippen molar-refractivity contribution in [2.45, 2.75) is 19.8 Å². The summed E-state index contributed by atoms with van der Waals surface area (Å²) in [5.74, 6) is 1.62. The third-order valence-electron chi connectivity index (χ3n) is 4.64. The molecule has 27 heavy (non-hydrogen) atoms. The van der Waals surface area contributed by atoms with E-state index < -0.39 is 0 Å². The number of nitrogens with zero attached hydrogens (tertiary/aromatic N) is 4. The summed E-state index contributed by atoms with van der Waals surface area (Å²) in [6, 6.07) is 10.2. The third kappa shape index (κ3) is 6.21. The van der Waals surface area contributed by atoms with E-state index in [2.05, 4.69) is 40.6 Å². The summed E-state index contributed by atoms with van der Waals surface area (Å²) in [5.41, 5.74) is 2.28. The molecule has 2 aromatic rings. The Labute approximate surface area is 179 Å². The minimum atomic E-state index is 0. The lowest BCUT2D eigenvalue weighted by Crippen LogP contribution is -2.40. The zero-order chi connectivity index (χ0) is 18.2. The maximum Gasteiger partial charge on any atom is 0.193 e. The normalized spacial score (nSPS) is 17.0. The first-order valence-corrected chi connectivity index (χ1v) is 9.41. The van der Waals surface area contributed by atoms with Gasteiger partial charge in [0.2, 0.25) is 0 Å². The molecule has 0 radical (unpaired) electrons. The predicted molar refractivity (Wildman–Crippen MR) is 120 cm³/mol. The number of benzene rings is 1. The summed E-state index contributed by atoms with van der Waals surface area (Å²) in [6.07, 6.45) is 6.07. The Kier molecular flexibility index (Phi) is 9.06. The van der Waals surface area contributed by atoms with E-state index >= 15 is 0 Å². The number of aliphatic imine (C=N–C) groups is 1. The van der Waals surface area contributed by atoms with Crippen LogP contribution in [0, 0.1) is 5.92 Å². The van der Waals surface area contributed by atoms with E-state index in [1.807, 2.05) is 29.1 Å². The molecule has 0 bridgehead atoms. The molecule has 6 nitrogen and oxygen atoms in total. The molecule has 1 fully saturated rings. The lowest BCUT2D eigenvalue weighted by molar-refractivity contribution is 0.157. The van der Waals surface area contributed by atoms with Crippen LogP contribution in [-0.2, 0) is 11.2 Å². The van der Waals surface area contributed by atoms with Crippen LogP contribution in [0.2, 0.25) is 0 Å². The second-order valence-electron chi connectivity index (χ2n) is 6.67. The lowest BCUT2D eigenvalue weighted by atomic mass is 10.1. The smallest absolute Gasteiger partial charge is 0.193 e. The highest BCUT2D eigenvalue weighted by Crippen LogP contribution is 2.16. The SMILES string of the molecule is CCNC(=NCCc1cnn(-c2ccccc2)c1)N1CCC(COC)C1.I. The van der Waals surface area contributed by atoms with Crippen LogP contribution in [0.25, 0.3) is 5.69 Å². The first-order valence-electron chi connectivity index (χ1n) is 9.41. The summed E-state index contributed by atoms with van der Waals surface area (Å²) in [4.78, 5) is 7.17. The molecule has 1 aromatic carbocycles. The molecule has 1 N–H and O–H groups in total. The van der Waals surface area contributed by atoms with Crippen molar-refractivity contribution in [2.24, 2.45) is 10.9 Å². The summed E-state index contributed by atoms with van der Waals surface area (Å²) >= 11 is 0. The van der Waals surface area contributed by atoms with Gasteiger partial charge < -0.3 is 15.0 Å². The Morgan fingerprint density at radius 3 is 2.89 bits per heavy atom. The van der Waals surface area contributed by atoms with Gasteiger partial charge in [0.05, 0.1) is 18.5 Å². The van der Waals surface area contributed by atoms with Crippen LogP contribution >= 0.6 is 24.0 Å². The van der Waals surface area contributed by atoms with E-state index in [1.54, 1.807) is 7.11 Å². The number of hydrogen-bond donors (Lipinski definition) is 1. The number of halogens is 1. The molecule has 3 rings (SSSR count). The number of hydrogen-bond acceptors (Lipinski definition) is 3. The largest absolute Gasteiger partial charge is 0.384 e. The Balaban J connectivity index is 0.00000261. The second kappa shape index (κ2) is 11.3. The van der Waals surface area contributed by atoms with E-state index in [-0.39, 0.29) is 24.0 Å². The van der Waals surface area contributed by atoms with Gasteiger partial charge in [-0.3, -0.25) is 4.99 Å². The maximum atomic E-state index is 5.30. The minimum Gasteiger partial charge on any atom is -0.384 e. The zero-order valence-electron chi connectivity index (χ0n) is 16.2. The van der Waals surface area contributed by atoms with E-state index in [0.29, 0.717) is 5.92 Å². The zero-order valence-corrected chi connectivity index (χ0v) is 18.5. The number of nitrogens with one attached hydrogen (secondary N) is 1. The van der Waals surface area contributed by atoms with Crippen molar-refractivity contribution in [1.82, 2.24) is 20.0 Å². The van der Waals surface area contributed by atoms with E-state index in [4.69, 9.17) is 9.73 Å². The van der Waals surface area contributed by atoms with Gasteiger partial charge in [-0.2, -0.15) is 5.10 Å². The highest BCUT2D eigenvalue weighted by atomic mass is 127. The van der Waals surface area contributed by atoms with Gasteiger partial charge in [-0.1, -0.05) is 18.2 Å². The molecule has 1 saturated heterocycles. The Hall–Kier alpha value is -1.61. The molecule has 1 aromatic heterocycles. The van der Waals surface area contributed by atoms with Gasteiger partial charge in [-0.15, -0.1) is 24.0 Å². The Morgan fingerprint density at radius 1 is 1.33 bits per heavy atom. The van der Waals surface area contributed by atoms with Crippen LogP contribution in [0.4, 0.5) is 0 Å². The summed E-state index contributed by atoms with van der Waals surface area (Å²) < 4.78 is 7.21. The highest BCUT2D eigenvalue weighted by Gasteiger charge is 2.24. The van der Waals surface area contributed by atoms with Crippen molar-refractivity contribution < 1.29 is 4.74 Å². The number of aromatic nitrogens is 2. The van der Waals surface area contributed by atoms with Gasteiger partial charge in [-0.25, -0.2) is 4.68 Å². The van der Waals surface area contributed by atoms with E-state index in [9.17, 15) is 0 Å². The molecule has 0 spiro atoms. The number of ether oxygens (including phenoxy) is 1. The van der Waals surface area contributed by atoms with Gasteiger partial charge >= 0.3 is 0 Å². The van der Waals surface area contributed by atoms with Gasteiger partial charge in [0.25, 0.3) is 0 Å². The number of methoxy groups -OCH3 is 1. The molecule has 1 atom stereocenters. The van der Waals surface area contributed by atoms with Crippen LogP contribution in [0.15, 0.2) is 47.7 Å². The number of guanidine groups is 1. The predicted octanol–water partition coefficient (Wildman–Crippen LogP) is 2.97. The third-order valence-corrected chi connectivity index (χ3v) is 4.64. The Morgan fingerprint density at radius 2 is 2.15 bits per heavy atom. The molecule has 1 aliphatic heterocycles. The van der Waals surface area contributed by atoms with Crippen LogP contribution in [0.3, 0.4) is 0 Å². The Bertz CT molecular complexity index is 703. The van der Waals surface area contributed by atoms with E-state index in [1.165, 1.54) is 12.0 Å². The van der Waals surface area contributed by atoms with Crippen LogP contribution < -0.4 is 5.32 Å². The van der Waals surface area contributed by atoms with Crippen molar-refractivity contribution in [3.8, 4) is 5.69 Å². The minimum absolute atomic E-state index is 0. The van der Waals surface area contributed by atoms with Crippen LogP contribution in [-0.4, -0.2) is 60.5 Å². The average Bonchev–Trinajstić information content (AvgIpc) is 3.32. The van der Waals surface area contributed by atoms with E-state index in [0.717, 1.165) is 50.9 Å². The van der Waals surface area contributed by atoms with Gasteiger partial charge in [0.15, 0.2) is 5.96 Å². The molecule has 0 saturated carbocycles. The maximum absolute atomic E-state index is 5.30. The molecule has 1 aliphatic rings. The van der Waals surface area contributed by atoms with Gasteiger partial charge in [0, 0.05) is 45.4 Å². The second-order valence-corrected chi connectivity index (χ2v) is 6.67. The van der Waals surface area contributed by atoms with Crippen LogP contribution in [0.1, 0.15) is 18.9 Å². The molecular weight excluding hydrogens is 453 g/mol. The quantitative estimate of drug-likeness (QED) is 0.374. The van der Waals surface area contributed by atoms with Crippen molar-refractivity contribution in [1.29, 1.82) is 0 Å². The van der Waals surface area contributed by atoms with Crippen molar-refractivity contribution in [3.05, 3.63) is 48.3 Å². The van der Waals surface area contributed by atoms with Gasteiger partial charge in [0.1, 0.15) is 0 Å². The summed E-state index contributed by atoms with van der Waals surface area (Å²) in [6.45, 7) is 6.65. The summed E-state index contributed by atoms with van der Waals surface area (Å²) in [5, 5.41) is 7.88. The standard InChI is InChI=1S/C20H29N5O.HI/c1-3-21-20(24-12-10-18(14-24)16-26-2)22-11-9-17-13-23-25(15-17)19-7-5-4-6-8-19;/h4-8,13,15,18H,3,9-12,14,16H2,1-2H3,(H,21,22);1H. The monoisotopic (exact) mass is 483 g/mol. The van der Waals surface area contributed by atoms with Crippen molar-refractivity contribution >= 4 is 29.9 Å². The molecule has 7 heteroatoms. The molecule has 1 unspecified atom stereocenters. The van der Waals surface area contributed by atoms with Crippen LogP contribution in [0.5, 0.6) is 0 Å². The average molecular weight is 483 g/mol. The first-order chi connectivity index (χ1) is 12.8. The number of para-hydroxylation sites is 1. The topological polar surface area (TPSA) is 54.7 Å². The summed E-state index contributed by atoms with van der Waals surface area (Å²) in [7, 11) is 1.78. The van der Waals surface area contributed by atoms with Gasteiger partial charge in [-0.05, 0) is 37.5 Å². The molecule has 148 valence electrons. The highest BCUT2D eigenvalue weighted by molar-refractivity contribution is 14.0. The molecule has 0 amide bonds. The van der Waals surface area contributed by atoms with Crippen molar-refractivity contribution in [2.75, 3.05) is 39.9 Å². The first kappa shape index (κ1) is 21.7. The lowest BCUT2D eigenvalue weighted by Gasteiger charge is -2.21. The van der Waals surface area contributed by atoms with Crippen molar-refractivity contribution in [3.63, 3.8) is 0 Å². The fourth-order valence-corrected chi connectivity index (χ4v) is 3.32. The fourth-order valence-electron chi connectivity index (χ4n) is 3.32. The molecular formula is C20H30IN5O. The number of likely N-dealkylation sites (tertiary alicyclic amines) is 1. The molecule has 2 heterocycles. The molecule has 0 aliphatic carbocycles. The number of rotatable bonds is 7.